The number of methoxy groups -OCH3 is 1. The Balaban J connectivity index is 0.000000700. The summed E-state index contributed by atoms with van der Waals surface area (Å²) in [7, 11) is -2.98. The van der Waals surface area contributed by atoms with Crippen molar-refractivity contribution in [3.05, 3.63) is 58.3 Å². The Hall–Kier alpha value is -3.32. The molecule has 5 rings (SSSR count). The van der Waals surface area contributed by atoms with Gasteiger partial charge in [-0.1, -0.05) is 48.2 Å². The molecule has 0 aromatic heterocycles. The maximum absolute atomic E-state index is 14.6. The Morgan fingerprint density at radius 2 is 1.78 bits per heavy atom. The van der Waals surface area contributed by atoms with Gasteiger partial charge in [-0.05, 0) is 74.6 Å². The van der Waals surface area contributed by atoms with Gasteiger partial charge in [0.05, 0.1) is 30.3 Å². The summed E-state index contributed by atoms with van der Waals surface area (Å²) in [6, 6.07) is 9.24. The number of carbonyl (C=O) groups excluding carboxylic acids is 4. The first-order valence-electron chi connectivity index (χ1n) is 15.0. The number of likely N-dealkylation sites (tertiary alicyclic amines) is 1. The molecule has 3 atom stereocenters. The first-order chi connectivity index (χ1) is 21.4. The predicted octanol–water partition coefficient (Wildman–Crippen LogP) is 5.55. The summed E-state index contributed by atoms with van der Waals surface area (Å²) in [4.78, 5) is 49.4. The molecular weight excluding hydrogens is 671 g/mol. The fourth-order valence-corrected chi connectivity index (χ4v) is 9.09. The highest BCUT2D eigenvalue weighted by Gasteiger charge is 2.63. The molecule has 2 aliphatic heterocycles. The molecule has 3 aliphatic rings. The third-order valence-corrected chi connectivity index (χ3v) is 12.0. The van der Waals surface area contributed by atoms with Crippen molar-refractivity contribution in [2.24, 2.45) is 5.92 Å². The van der Waals surface area contributed by atoms with Gasteiger partial charge in [0.2, 0.25) is 12.2 Å². The van der Waals surface area contributed by atoms with E-state index in [4.69, 9.17) is 4.74 Å². The van der Waals surface area contributed by atoms with Crippen LogP contribution in [0.1, 0.15) is 64.4 Å². The number of esters is 1. The minimum atomic E-state index is -4.13. The van der Waals surface area contributed by atoms with Gasteiger partial charge in [-0.3, -0.25) is 14.5 Å². The van der Waals surface area contributed by atoms with E-state index >= 15 is 0 Å². The highest BCUT2D eigenvalue weighted by molar-refractivity contribution is 9.10. The Morgan fingerprint density at radius 3 is 2.36 bits per heavy atom. The maximum Gasteiger partial charge on any atom is 0.414 e. The second kappa shape index (κ2) is 14.4. The van der Waals surface area contributed by atoms with Gasteiger partial charge in [-0.2, -0.15) is 0 Å². The van der Waals surface area contributed by atoms with E-state index in [9.17, 15) is 32.0 Å². The number of halogens is 2. The summed E-state index contributed by atoms with van der Waals surface area (Å²) in [6.45, 7) is 3.96. The molecule has 2 fully saturated rings. The van der Waals surface area contributed by atoms with Gasteiger partial charge in [0.25, 0.3) is 0 Å². The average Bonchev–Trinajstić information content (AvgIpc) is 3.45. The number of rotatable bonds is 6. The zero-order valence-electron chi connectivity index (χ0n) is 25.5. The van der Waals surface area contributed by atoms with Crippen LogP contribution < -0.4 is 4.90 Å². The van der Waals surface area contributed by atoms with Crippen molar-refractivity contribution >= 4 is 55.7 Å². The van der Waals surface area contributed by atoms with Crippen LogP contribution in [0.5, 0.6) is 0 Å². The van der Waals surface area contributed by atoms with Crippen molar-refractivity contribution in [3.63, 3.8) is 0 Å². The van der Waals surface area contributed by atoms with Gasteiger partial charge >= 0.3 is 12.1 Å². The fraction of sp³-hybridized carbons (Fsp3) is 0.500. The van der Waals surface area contributed by atoms with Crippen LogP contribution in [0.3, 0.4) is 0 Å². The van der Waals surface area contributed by atoms with Crippen molar-refractivity contribution in [2.75, 3.05) is 25.1 Å². The van der Waals surface area contributed by atoms with Crippen molar-refractivity contribution in [1.29, 1.82) is 0 Å². The Kier molecular flexibility index (Phi) is 11.1. The zero-order valence-corrected chi connectivity index (χ0v) is 27.9. The van der Waals surface area contributed by atoms with Crippen LogP contribution in [-0.4, -0.2) is 69.9 Å². The summed E-state index contributed by atoms with van der Waals surface area (Å²) in [5, 5.41) is 0. The molecule has 0 spiro atoms. The molecule has 10 nitrogen and oxygen atoms in total. The zero-order chi connectivity index (χ0) is 32.9. The molecule has 2 aromatic carbocycles. The highest BCUT2D eigenvalue weighted by atomic mass is 79.9. The molecule has 2 amide bonds. The van der Waals surface area contributed by atoms with E-state index in [1.165, 1.54) is 17.0 Å². The van der Waals surface area contributed by atoms with Crippen LogP contribution in [0.2, 0.25) is 0 Å². The molecule has 244 valence electrons. The molecule has 0 bridgehead atoms. The predicted molar refractivity (Wildman–Crippen MR) is 168 cm³/mol. The number of fused-ring (bicyclic) bond motifs is 3. The Morgan fingerprint density at radius 1 is 1.11 bits per heavy atom. The number of amides is 2. The Labute approximate surface area is 271 Å². The van der Waals surface area contributed by atoms with E-state index in [-0.39, 0.29) is 48.6 Å². The molecule has 3 unspecified atom stereocenters. The van der Waals surface area contributed by atoms with E-state index in [0.29, 0.717) is 22.1 Å². The normalized spacial score (nSPS) is 21.8. The van der Waals surface area contributed by atoms with E-state index in [1.54, 1.807) is 30.0 Å². The molecule has 1 aliphatic carbocycles. The van der Waals surface area contributed by atoms with Crippen molar-refractivity contribution in [1.82, 2.24) is 4.90 Å². The van der Waals surface area contributed by atoms with Gasteiger partial charge in [-0.15, -0.1) is 0 Å². The van der Waals surface area contributed by atoms with Gasteiger partial charge < -0.3 is 14.4 Å². The smallest absolute Gasteiger partial charge is 0.414 e. The lowest BCUT2D eigenvalue weighted by Gasteiger charge is -2.46. The monoisotopic (exact) mass is 708 g/mol. The summed E-state index contributed by atoms with van der Waals surface area (Å²) in [5.74, 6) is -1.58. The number of hydrogen-bond donors (Lipinski definition) is 0. The molecular formula is C32H38BrFN2O8S. The first-order valence-corrected chi connectivity index (χ1v) is 17.3. The number of carbonyl (C=O) groups is 4. The molecule has 45 heavy (non-hydrogen) atoms. The number of sulfone groups is 1. The second-order valence-electron chi connectivity index (χ2n) is 11.5. The molecule has 2 heterocycles. The van der Waals surface area contributed by atoms with E-state index < -0.39 is 38.5 Å². The van der Waals surface area contributed by atoms with Gasteiger partial charge in [0.15, 0.2) is 9.84 Å². The van der Waals surface area contributed by atoms with Crippen LogP contribution in [0.25, 0.3) is 0 Å². The van der Waals surface area contributed by atoms with Crippen LogP contribution in [-0.2, 0) is 38.4 Å². The number of nitrogens with zero attached hydrogens (tertiary/aromatic N) is 2. The molecule has 1 saturated heterocycles. The summed E-state index contributed by atoms with van der Waals surface area (Å²) < 4.78 is 51.7. The van der Waals surface area contributed by atoms with Crippen LogP contribution in [0, 0.1) is 11.7 Å². The SMILES string of the molecule is CCC(C)OC(=O)N1CC2N(C(=O)C3CCCCC3)CCC2(S(=O)(=O)c2ccc(F)cc2)c2ccc(Br)cc21.COC(=O)C=O. The summed E-state index contributed by atoms with van der Waals surface area (Å²) in [6.07, 6.45) is 4.61. The third-order valence-electron chi connectivity index (χ3n) is 8.94. The maximum atomic E-state index is 14.6. The fourth-order valence-electron chi connectivity index (χ4n) is 6.45. The van der Waals surface area contributed by atoms with Crippen molar-refractivity contribution < 1.29 is 41.5 Å². The van der Waals surface area contributed by atoms with Gasteiger partial charge in [0, 0.05) is 16.9 Å². The standard InChI is InChI=1S/C29H34BrFN2O5S.C3H4O3/c1-3-19(2)38-28(35)33-18-26-29(24-14-9-21(30)17-25(24)33,39(36,37)23-12-10-22(31)11-13-23)15-16-32(26)27(34)20-7-5-4-6-8-20;1-6-3(5)2-4/h9-14,17,19-20,26H,3-8,15-16,18H2,1-2H3;2H,1H3. The van der Waals surface area contributed by atoms with Crippen molar-refractivity contribution in [3.8, 4) is 0 Å². The van der Waals surface area contributed by atoms with Crippen LogP contribution in [0.4, 0.5) is 14.9 Å². The second-order valence-corrected chi connectivity index (χ2v) is 14.6. The molecule has 2 aromatic rings. The number of hydrogen-bond acceptors (Lipinski definition) is 8. The first kappa shape index (κ1) is 34.6. The largest absolute Gasteiger partial charge is 0.463 e. The number of anilines is 1. The van der Waals surface area contributed by atoms with E-state index in [0.717, 1.165) is 51.3 Å². The van der Waals surface area contributed by atoms with Crippen LogP contribution in [0.15, 0.2) is 51.8 Å². The number of ether oxygens (including phenoxy) is 2. The van der Waals surface area contributed by atoms with Crippen molar-refractivity contribution in [2.45, 2.75) is 80.6 Å². The lowest BCUT2D eigenvalue weighted by atomic mass is 9.84. The van der Waals surface area contributed by atoms with Crippen LogP contribution >= 0.6 is 15.9 Å². The summed E-state index contributed by atoms with van der Waals surface area (Å²) >= 11 is 3.48. The number of aldehydes is 1. The minimum Gasteiger partial charge on any atom is -0.463 e. The average molecular weight is 710 g/mol. The minimum absolute atomic E-state index is 0.00892. The van der Waals surface area contributed by atoms with E-state index in [2.05, 4.69) is 20.7 Å². The molecule has 1 saturated carbocycles. The summed E-state index contributed by atoms with van der Waals surface area (Å²) in [5.41, 5.74) is 0.887. The van der Waals surface area contributed by atoms with E-state index in [1.807, 2.05) is 6.92 Å². The van der Waals surface area contributed by atoms with Gasteiger partial charge in [-0.25, -0.2) is 22.4 Å². The quantitative estimate of drug-likeness (QED) is 0.165. The Bertz CT molecular complexity index is 1530. The number of benzene rings is 2. The molecule has 0 N–H and O–H groups in total. The molecule has 13 heteroatoms. The lowest BCUT2D eigenvalue weighted by Crippen LogP contribution is -2.60. The highest BCUT2D eigenvalue weighted by Crippen LogP contribution is 2.54. The van der Waals surface area contributed by atoms with Gasteiger partial charge in [0.1, 0.15) is 16.7 Å². The topological polar surface area (TPSA) is 127 Å². The lowest BCUT2D eigenvalue weighted by molar-refractivity contribution is -0.146. The third kappa shape index (κ3) is 6.79. The molecule has 0 radical (unpaired) electrons.